The smallest absolute Gasteiger partial charge is 0.310 e. The van der Waals surface area contributed by atoms with E-state index in [4.69, 9.17) is 9.47 Å². The first-order valence-corrected chi connectivity index (χ1v) is 11.5. The molecular formula is C20H28O6S. The van der Waals surface area contributed by atoms with E-state index < -0.39 is 21.7 Å². The SMILES string of the molecule is CS(=O)(=O)c1ccc(C(CC2CCCC2OC2CCCCO2)C(=O)O)cc1. The minimum absolute atomic E-state index is 0.0326. The van der Waals surface area contributed by atoms with Crippen LogP contribution >= 0.6 is 0 Å². The number of sulfone groups is 1. The highest BCUT2D eigenvalue weighted by Gasteiger charge is 2.35. The molecule has 27 heavy (non-hydrogen) atoms. The number of ether oxygens (including phenoxy) is 2. The first-order chi connectivity index (χ1) is 12.8. The number of hydrogen-bond acceptors (Lipinski definition) is 5. The molecule has 0 amide bonds. The molecule has 1 heterocycles. The minimum atomic E-state index is -3.29. The Hall–Kier alpha value is -1.44. The third-order valence-corrected chi connectivity index (χ3v) is 6.73. The Labute approximate surface area is 160 Å². The number of benzene rings is 1. The van der Waals surface area contributed by atoms with Crippen molar-refractivity contribution in [2.75, 3.05) is 12.9 Å². The van der Waals surface area contributed by atoms with E-state index in [2.05, 4.69) is 0 Å². The lowest BCUT2D eigenvalue weighted by Crippen LogP contribution is -2.31. The molecule has 0 bridgehead atoms. The standard InChI is InChI=1S/C20H28O6S/c1-27(23,24)16-10-8-14(9-11-16)17(20(21)22)13-15-5-4-6-18(15)26-19-7-2-3-12-25-19/h8-11,15,17-19H,2-7,12-13H2,1H3,(H,21,22). The molecule has 1 aromatic rings. The summed E-state index contributed by atoms with van der Waals surface area (Å²) < 4.78 is 35.1. The van der Waals surface area contributed by atoms with Gasteiger partial charge in [0.05, 0.1) is 16.9 Å². The highest BCUT2D eigenvalue weighted by molar-refractivity contribution is 7.90. The number of hydrogen-bond donors (Lipinski definition) is 1. The van der Waals surface area contributed by atoms with Crippen LogP contribution in [0, 0.1) is 5.92 Å². The number of carbonyl (C=O) groups is 1. The van der Waals surface area contributed by atoms with Gasteiger partial charge in [-0.3, -0.25) is 4.79 Å². The second-order valence-corrected chi connectivity index (χ2v) is 9.65. The van der Waals surface area contributed by atoms with E-state index >= 15 is 0 Å². The number of carboxylic acid groups (broad SMARTS) is 1. The van der Waals surface area contributed by atoms with E-state index in [1.54, 1.807) is 12.1 Å². The van der Waals surface area contributed by atoms with Gasteiger partial charge < -0.3 is 14.6 Å². The van der Waals surface area contributed by atoms with Crippen molar-refractivity contribution in [2.45, 2.75) is 68.2 Å². The van der Waals surface area contributed by atoms with Gasteiger partial charge >= 0.3 is 5.97 Å². The predicted molar refractivity (Wildman–Crippen MR) is 100 cm³/mol. The summed E-state index contributed by atoms with van der Waals surface area (Å²) in [5, 5.41) is 9.74. The zero-order valence-corrected chi connectivity index (χ0v) is 16.5. The summed E-state index contributed by atoms with van der Waals surface area (Å²) in [7, 11) is -3.29. The molecular weight excluding hydrogens is 368 g/mol. The van der Waals surface area contributed by atoms with Gasteiger partial charge in [-0.15, -0.1) is 0 Å². The molecule has 1 saturated carbocycles. The predicted octanol–water partition coefficient (Wildman–Crippen LogP) is 3.36. The van der Waals surface area contributed by atoms with E-state index in [9.17, 15) is 18.3 Å². The lowest BCUT2D eigenvalue weighted by atomic mass is 9.87. The molecule has 7 heteroatoms. The van der Waals surface area contributed by atoms with Crippen molar-refractivity contribution >= 4 is 15.8 Å². The Bertz CT molecular complexity index is 736. The molecule has 0 aromatic heterocycles. The maximum Gasteiger partial charge on any atom is 0.310 e. The van der Waals surface area contributed by atoms with Gasteiger partial charge in [0, 0.05) is 12.9 Å². The number of aliphatic carboxylic acids is 1. The lowest BCUT2D eigenvalue weighted by molar-refractivity contribution is -0.195. The van der Waals surface area contributed by atoms with E-state index in [1.807, 2.05) is 0 Å². The van der Waals surface area contributed by atoms with Gasteiger partial charge in [-0.1, -0.05) is 18.6 Å². The van der Waals surface area contributed by atoms with Crippen molar-refractivity contribution in [1.29, 1.82) is 0 Å². The van der Waals surface area contributed by atoms with Crippen LogP contribution in [0.3, 0.4) is 0 Å². The Morgan fingerprint density at radius 3 is 2.52 bits per heavy atom. The topological polar surface area (TPSA) is 89.9 Å². The first-order valence-electron chi connectivity index (χ1n) is 9.64. The van der Waals surface area contributed by atoms with Gasteiger partial charge in [0.1, 0.15) is 0 Å². The Morgan fingerprint density at radius 2 is 1.93 bits per heavy atom. The van der Waals surface area contributed by atoms with Crippen LogP contribution in [0.15, 0.2) is 29.2 Å². The van der Waals surface area contributed by atoms with Crippen molar-refractivity contribution in [3.8, 4) is 0 Å². The second kappa shape index (κ2) is 8.71. The van der Waals surface area contributed by atoms with Gasteiger partial charge in [0.2, 0.25) is 0 Å². The molecule has 6 nitrogen and oxygen atoms in total. The molecule has 4 unspecified atom stereocenters. The molecule has 1 aromatic carbocycles. The molecule has 0 radical (unpaired) electrons. The van der Waals surface area contributed by atoms with Crippen molar-refractivity contribution in [1.82, 2.24) is 0 Å². The minimum Gasteiger partial charge on any atom is -0.481 e. The summed E-state index contributed by atoms with van der Waals surface area (Å²) in [6.07, 6.45) is 7.49. The van der Waals surface area contributed by atoms with Gasteiger partial charge in [-0.05, 0) is 62.1 Å². The molecule has 1 N–H and O–H groups in total. The quantitative estimate of drug-likeness (QED) is 0.760. The van der Waals surface area contributed by atoms with E-state index in [1.165, 1.54) is 12.1 Å². The van der Waals surface area contributed by atoms with E-state index in [-0.39, 0.29) is 23.2 Å². The summed E-state index contributed by atoms with van der Waals surface area (Å²) in [6, 6.07) is 6.20. The van der Waals surface area contributed by atoms with Crippen LogP contribution in [0.2, 0.25) is 0 Å². The van der Waals surface area contributed by atoms with Crippen LogP contribution in [0.5, 0.6) is 0 Å². The molecule has 0 spiro atoms. The van der Waals surface area contributed by atoms with Gasteiger partial charge in [-0.2, -0.15) is 0 Å². The van der Waals surface area contributed by atoms with Crippen LogP contribution in [0.1, 0.15) is 56.4 Å². The summed E-state index contributed by atoms with van der Waals surface area (Å²) in [5.74, 6) is -1.38. The fourth-order valence-corrected chi connectivity index (χ4v) is 4.73. The Balaban J connectivity index is 1.68. The maximum atomic E-state index is 11.9. The molecule has 1 aliphatic heterocycles. The molecule has 2 aliphatic rings. The number of carboxylic acids is 1. The third kappa shape index (κ3) is 5.30. The van der Waals surface area contributed by atoms with Crippen LogP contribution in [0.4, 0.5) is 0 Å². The molecule has 2 fully saturated rings. The van der Waals surface area contributed by atoms with Crippen LogP contribution in [0.25, 0.3) is 0 Å². The van der Waals surface area contributed by atoms with Crippen LogP contribution in [-0.4, -0.2) is 44.8 Å². The Morgan fingerprint density at radius 1 is 1.19 bits per heavy atom. The zero-order valence-electron chi connectivity index (χ0n) is 15.7. The average molecular weight is 397 g/mol. The van der Waals surface area contributed by atoms with E-state index in [0.717, 1.165) is 51.4 Å². The van der Waals surface area contributed by atoms with Crippen molar-refractivity contribution in [3.63, 3.8) is 0 Å². The van der Waals surface area contributed by atoms with Crippen molar-refractivity contribution in [2.24, 2.45) is 5.92 Å². The van der Waals surface area contributed by atoms with Crippen molar-refractivity contribution < 1.29 is 27.8 Å². The summed E-state index contributed by atoms with van der Waals surface area (Å²) in [6.45, 7) is 0.729. The summed E-state index contributed by atoms with van der Waals surface area (Å²) in [4.78, 5) is 12.1. The molecule has 4 atom stereocenters. The first kappa shape index (κ1) is 20.3. The summed E-state index contributed by atoms with van der Waals surface area (Å²) in [5.41, 5.74) is 0.634. The maximum absolute atomic E-state index is 11.9. The average Bonchev–Trinajstić information content (AvgIpc) is 3.06. The second-order valence-electron chi connectivity index (χ2n) is 7.63. The zero-order chi connectivity index (χ0) is 19.4. The van der Waals surface area contributed by atoms with E-state index in [0.29, 0.717) is 12.0 Å². The summed E-state index contributed by atoms with van der Waals surface area (Å²) >= 11 is 0. The fourth-order valence-electron chi connectivity index (χ4n) is 4.09. The monoisotopic (exact) mass is 396 g/mol. The molecule has 1 aliphatic carbocycles. The largest absolute Gasteiger partial charge is 0.481 e. The van der Waals surface area contributed by atoms with Gasteiger partial charge in [0.15, 0.2) is 16.1 Å². The van der Waals surface area contributed by atoms with Crippen LogP contribution < -0.4 is 0 Å². The molecule has 150 valence electrons. The molecule has 3 rings (SSSR count). The third-order valence-electron chi connectivity index (χ3n) is 5.60. The highest BCUT2D eigenvalue weighted by Crippen LogP contribution is 2.38. The fraction of sp³-hybridized carbons (Fsp3) is 0.650. The van der Waals surface area contributed by atoms with Crippen LogP contribution in [-0.2, 0) is 24.1 Å². The van der Waals surface area contributed by atoms with Crippen molar-refractivity contribution in [3.05, 3.63) is 29.8 Å². The van der Waals surface area contributed by atoms with Gasteiger partial charge in [0.25, 0.3) is 0 Å². The Kier molecular flexibility index (Phi) is 6.55. The van der Waals surface area contributed by atoms with Gasteiger partial charge in [-0.25, -0.2) is 8.42 Å². The number of rotatable bonds is 7. The normalized spacial score (nSPS) is 27.4. The molecule has 1 saturated heterocycles. The highest BCUT2D eigenvalue weighted by atomic mass is 32.2. The lowest BCUT2D eigenvalue weighted by Gasteiger charge is -2.30.